The molecule has 10 heteroatoms. The summed E-state index contributed by atoms with van der Waals surface area (Å²) in [5.74, 6) is 0.228. The van der Waals surface area contributed by atoms with Crippen LogP contribution in [0.2, 0.25) is 0 Å². The van der Waals surface area contributed by atoms with Crippen molar-refractivity contribution in [1.29, 1.82) is 0 Å². The van der Waals surface area contributed by atoms with Gasteiger partial charge in [-0.3, -0.25) is 24.3 Å². The molecule has 0 unspecified atom stereocenters. The molecule has 1 N–H and O–H groups in total. The molecule has 0 spiro atoms. The summed E-state index contributed by atoms with van der Waals surface area (Å²) < 4.78 is 1.90. The lowest BCUT2D eigenvalue weighted by Gasteiger charge is -2.27. The number of allylic oxidation sites excluding steroid dienone is 1. The average Bonchev–Trinajstić information content (AvgIpc) is 3.33. The van der Waals surface area contributed by atoms with E-state index in [0.717, 1.165) is 16.3 Å². The molecule has 0 saturated carbocycles. The highest BCUT2D eigenvalue weighted by Gasteiger charge is 2.32. The Labute approximate surface area is 224 Å². The van der Waals surface area contributed by atoms with Crippen molar-refractivity contribution < 1.29 is 14.4 Å². The Kier molecular flexibility index (Phi) is 7.60. The zero-order valence-electron chi connectivity index (χ0n) is 20.7. The van der Waals surface area contributed by atoms with Crippen LogP contribution in [0.3, 0.4) is 0 Å². The number of thioether (sulfide) groups is 1. The SMILES string of the molecule is C=CCn1c(CCCN2C(=O)c3cccc4cccc(c34)C2=O)nnc1SCC(=O)NCc1cccnc1. The minimum atomic E-state index is -0.277. The zero-order valence-corrected chi connectivity index (χ0v) is 21.5. The van der Waals surface area contributed by atoms with Crippen LogP contribution in [-0.4, -0.2) is 54.7 Å². The van der Waals surface area contributed by atoms with Crippen LogP contribution in [0, 0.1) is 0 Å². The molecule has 0 bridgehead atoms. The van der Waals surface area contributed by atoms with Crippen molar-refractivity contribution >= 4 is 40.3 Å². The lowest BCUT2D eigenvalue weighted by molar-refractivity contribution is -0.118. The number of hydrogen-bond acceptors (Lipinski definition) is 7. The molecule has 38 heavy (non-hydrogen) atoms. The third-order valence-electron chi connectivity index (χ3n) is 6.29. The van der Waals surface area contributed by atoms with E-state index in [4.69, 9.17) is 0 Å². The first-order chi connectivity index (χ1) is 18.6. The number of benzene rings is 2. The first-order valence-electron chi connectivity index (χ1n) is 12.3. The molecular formula is C28H26N6O3S. The predicted molar refractivity (Wildman–Crippen MR) is 145 cm³/mol. The summed E-state index contributed by atoms with van der Waals surface area (Å²) >= 11 is 1.30. The number of hydrogen-bond donors (Lipinski definition) is 1. The van der Waals surface area contributed by atoms with Gasteiger partial charge in [-0.1, -0.05) is 48.2 Å². The van der Waals surface area contributed by atoms with Gasteiger partial charge >= 0.3 is 0 Å². The van der Waals surface area contributed by atoms with E-state index in [1.54, 1.807) is 30.6 Å². The van der Waals surface area contributed by atoms with Crippen LogP contribution in [-0.2, 0) is 24.3 Å². The first kappa shape index (κ1) is 25.3. The summed E-state index contributed by atoms with van der Waals surface area (Å²) in [6.45, 7) is 4.98. The maximum absolute atomic E-state index is 13.1. The number of rotatable bonds is 11. The summed E-state index contributed by atoms with van der Waals surface area (Å²) in [6.07, 6.45) is 6.19. The van der Waals surface area contributed by atoms with Gasteiger partial charge in [0.25, 0.3) is 11.8 Å². The van der Waals surface area contributed by atoms with E-state index in [9.17, 15) is 14.4 Å². The number of nitrogens with zero attached hydrogens (tertiary/aromatic N) is 5. The number of aromatic nitrogens is 4. The number of nitrogens with one attached hydrogen (secondary N) is 1. The highest BCUT2D eigenvalue weighted by Crippen LogP contribution is 2.30. The lowest BCUT2D eigenvalue weighted by Crippen LogP contribution is -2.41. The van der Waals surface area contributed by atoms with Gasteiger partial charge < -0.3 is 9.88 Å². The van der Waals surface area contributed by atoms with E-state index in [1.165, 1.54) is 16.7 Å². The van der Waals surface area contributed by atoms with Gasteiger partial charge in [-0.15, -0.1) is 16.8 Å². The second-order valence-corrected chi connectivity index (χ2v) is 9.74. The van der Waals surface area contributed by atoms with Crippen molar-refractivity contribution in [3.8, 4) is 0 Å². The molecule has 2 aromatic heterocycles. The van der Waals surface area contributed by atoms with E-state index in [2.05, 4.69) is 27.1 Å². The van der Waals surface area contributed by atoms with E-state index in [1.807, 2.05) is 41.0 Å². The summed E-state index contributed by atoms with van der Waals surface area (Å²) in [7, 11) is 0. The first-order valence-corrected chi connectivity index (χ1v) is 13.2. The van der Waals surface area contributed by atoms with Gasteiger partial charge in [0, 0.05) is 55.0 Å². The van der Waals surface area contributed by atoms with Crippen LogP contribution in [0.5, 0.6) is 0 Å². The van der Waals surface area contributed by atoms with Gasteiger partial charge in [-0.2, -0.15) is 0 Å². The smallest absolute Gasteiger partial charge is 0.261 e. The van der Waals surface area contributed by atoms with E-state index in [0.29, 0.717) is 48.0 Å². The van der Waals surface area contributed by atoms with Crippen molar-refractivity contribution in [2.75, 3.05) is 12.3 Å². The third kappa shape index (κ3) is 5.21. The molecule has 4 aromatic rings. The molecule has 3 heterocycles. The topological polar surface area (TPSA) is 110 Å². The molecule has 0 fully saturated rings. The molecule has 3 amide bonds. The predicted octanol–water partition coefficient (Wildman–Crippen LogP) is 3.65. The summed E-state index contributed by atoms with van der Waals surface area (Å²) in [6, 6.07) is 14.8. The van der Waals surface area contributed by atoms with Crippen LogP contribution in [0.25, 0.3) is 10.8 Å². The Morgan fingerprint density at radius 1 is 1.03 bits per heavy atom. The minimum absolute atomic E-state index is 0.119. The minimum Gasteiger partial charge on any atom is -0.351 e. The maximum Gasteiger partial charge on any atom is 0.261 e. The van der Waals surface area contributed by atoms with Crippen molar-refractivity contribution in [3.63, 3.8) is 0 Å². The average molecular weight is 527 g/mol. The molecule has 5 rings (SSSR count). The van der Waals surface area contributed by atoms with Gasteiger partial charge in [0.1, 0.15) is 5.82 Å². The fraction of sp³-hybridized carbons (Fsp3) is 0.214. The fourth-order valence-electron chi connectivity index (χ4n) is 4.49. The number of pyridine rings is 1. The van der Waals surface area contributed by atoms with Crippen molar-refractivity contribution in [1.82, 2.24) is 30.0 Å². The Morgan fingerprint density at radius 3 is 2.47 bits per heavy atom. The van der Waals surface area contributed by atoms with E-state index in [-0.39, 0.29) is 30.0 Å². The van der Waals surface area contributed by atoms with E-state index >= 15 is 0 Å². The molecule has 1 aliphatic rings. The zero-order chi connectivity index (χ0) is 26.5. The largest absolute Gasteiger partial charge is 0.351 e. The summed E-state index contributed by atoms with van der Waals surface area (Å²) in [5, 5.41) is 13.7. The van der Waals surface area contributed by atoms with Gasteiger partial charge in [-0.25, -0.2) is 0 Å². The Balaban J connectivity index is 1.20. The molecule has 9 nitrogen and oxygen atoms in total. The van der Waals surface area contributed by atoms with Crippen LogP contribution in [0.1, 0.15) is 38.5 Å². The lowest BCUT2D eigenvalue weighted by atomic mass is 9.94. The monoisotopic (exact) mass is 526 g/mol. The Hall–Kier alpha value is -4.31. The van der Waals surface area contributed by atoms with Crippen molar-refractivity contribution in [2.24, 2.45) is 0 Å². The molecular weight excluding hydrogens is 500 g/mol. The van der Waals surface area contributed by atoms with Gasteiger partial charge in [0.2, 0.25) is 5.91 Å². The Morgan fingerprint density at radius 2 is 1.79 bits per heavy atom. The molecule has 1 aliphatic heterocycles. The summed E-state index contributed by atoms with van der Waals surface area (Å²) in [5.41, 5.74) is 2.02. The van der Waals surface area contributed by atoms with Crippen molar-refractivity contribution in [2.45, 2.75) is 31.1 Å². The molecule has 192 valence electrons. The molecule has 0 aliphatic carbocycles. The molecule has 2 aromatic carbocycles. The normalized spacial score (nSPS) is 12.7. The number of carbonyl (C=O) groups is 3. The number of amides is 3. The number of imide groups is 1. The van der Waals surface area contributed by atoms with Crippen molar-refractivity contribution in [3.05, 3.63) is 96.1 Å². The molecule has 0 atom stereocenters. The second kappa shape index (κ2) is 11.4. The summed E-state index contributed by atoms with van der Waals surface area (Å²) in [4.78, 5) is 44.0. The highest BCUT2D eigenvalue weighted by molar-refractivity contribution is 7.99. The number of carbonyl (C=O) groups excluding carboxylic acids is 3. The van der Waals surface area contributed by atoms with Crippen LogP contribution in [0.4, 0.5) is 0 Å². The Bertz CT molecular complexity index is 1470. The van der Waals surface area contributed by atoms with Gasteiger partial charge in [-0.05, 0) is 35.6 Å². The standard InChI is InChI=1S/C28H26N6O3S/c1-2-14-33-23(31-32-28(33)38-18-24(35)30-17-19-7-5-13-29-16-19)12-6-15-34-26(36)21-10-3-8-20-9-4-11-22(25(20)21)27(34)37/h2-5,7-11,13,16H,1,6,12,14-15,17-18H2,(H,30,35). The molecule has 0 radical (unpaired) electrons. The second-order valence-electron chi connectivity index (χ2n) is 8.80. The van der Waals surface area contributed by atoms with Gasteiger partial charge in [0.05, 0.1) is 5.75 Å². The fourth-order valence-corrected chi connectivity index (χ4v) is 5.28. The van der Waals surface area contributed by atoms with Gasteiger partial charge in [0.15, 0.2) is 5.16 Å². The third-order valence-corrected chi connectivity index (χ3v) is 7.25. The molecule has 0 saturated heterocycles. The maximum atomic E-state index is 13.1. The quantitative estimate of drug-likeness (QED) is 0.180. The highest BCUT2D eigenvalue weighted by atomic mass is 32.2. The van der Waals surface area contributed by atoms with Crippen LogP contribution >= 0.6 is 11.8 Å². The van der Waals surface area contributed by atoms with Crippen LogP contribution in [0.15, 0.2) is 78.7 Å². The van der Waals surface area contributed by atoms with E-state index < -0.39 is 0 Å². The van der Waals surface area contributed by atoms with Crippen LogP contribution < -0.4 is 5.32 Å². The number of aryl methyl sites for hydroxylation is 1.